The molecule has 1 fully saturated rings. The largest absolute Gasteiger partial charge is 0.369 e. The van der Waals surface area contributed by atoms with Gasteiger partial charge in [0.25, 0.3) is 11.5 Å². The van der Waals surface area contributed by atoms with Gasteiger partial charge >= 0.3 is 0 Å². The van der Waals surface area contributed by atoms with Crippen LogP contribution in [0.25, 0.3) is 11.7 Å². The Labute approximate surface area is 225 Å². The molecule has 0 saturated carbocycles. The molecule has 4 aromatic rings. The third kappa shape index (κ3) is 5.08. The van der Waals surface area contributed by atoms with E-state index in [9.17, 15) is 9.59 Å². The zero-order chi connectivity index (χ0) is 25.9. The Morgan fingerprint density at radius 1 is 1.03 bits per heavy atom. The Kier molecular flexibility index (Phi) is 7.21. The number of pyridine rings is 1. The van der Waals surface area contributed by atoms with E-state index in [1.54, 1.807) is 17.2 Å². The number of thioether (sulfide) groups is 1. The SMILES string of the molecule is Cc1cccn2c(=O)c(/C=C3/SC(=S)N(C(C)c4ccccc4)C3=O)c(NCCc3ccccc3)nc12. The third-order valence-corrected chi connectivity index (χ3v) is 7.73. The van der Waals surface area contributed by atoms with Crippen LogP contribution < -0.4 is 10.9 Å². The van der Waals surface area contributed by atoms with Crippen molar-refractivity contribution in [2.24, 2.45) is 0 Å². The number of benzene rings is 2. The lowest BCUT2D eigenvalue weighted by atomic mass is 10.1. The number of rotatable bonds is 7. The summed E-state index contributed by atoms with van der Waals surface area (Å²) in [6, 6.07) is 23.4. The average molecular weight is 527 g/mol. The fourth-order valence-electron chi connectivity index (χ4n) is 4.37. The summed E-state index contributed by atoms with van der Waals surface area (Å²) in [6.07, 6.45) is 4.10. The van der Waals surface area contributed by atoms with Crippen LogP contribution in [0.15, 0.2) is 88.7 Å². The molecule has 1 aliphatic rings. The molecular formula is C29H26N4O2S2. The first-order chi connectivity index (χ1) is 17.9. The van der Waals surface area contributed by atoms with Crippen molar-refractivity contribution in [2.45, 2.75) is 26.3 Å². The maximum atomic E-state index is 13.6. The summed E-state index contributed by atoms with van der Waals surface area (Å²) < 4.78 is 1.99. The van der Waals surface area contributed by atoms with Crippen LogP contribution in [0.5, 0.6) is 0 Å². The fraction of sp³-hybridized carbons (Fsp3) is 0.172. The van der Waals surface area contributed by atoms with E-state index in [-0.39, 0.29) is 17.5 Å². The lowest BCUT2D eigenvalue weighted by Gasteiger charge is -2.23. The van der Waals surface area contributed by atoms with Crippen LogP contribution in [0.4, 0.5) is 5.82 Å². The van der Waals surface area contributed by atoms with Gasteiger partial charge in [0.1, 0.15) is 15.8 Å². The number of nitrogens with one attached hydrogen (secondary N) is 1. The number of nitrogens with zero attached hydrogens (tertiary/aromatic N) is 3. The van der Waals surface area contributed by atoms with Crippen LogP contribution in [0, 0.1) is 6.92 Å². The minimum atomic E-state index is -0.239. The molecule has 1 atom stereocenters. The maximum absolute atomic E-state index is 13.6. The van der Waals surface area contributed by atoms with E-state index in [1.807, 2.05) is 74.5 Å². The number of carbonyl (C=O) groups excluding carboxylic acids is 1. The highest BCUT2D eigenvalue weighted by atomic mass is 32.2. The summed E-state index contributed by atoms with van der Waals surface area (Å²) in [7, 11) is 0. The predicted molar refractivity (Wildman–Crippen MR) is 155 cm³/mol. The number of aromatic nitrogens is 2. The summed E-state index contributed by atoms with van der Waals surface area (Å²) >= 11 is 6.80. The second-order valence-electron chi connectivity index (χ2n) is 8.86. The molecule has 1 saturated heterocycles. The van der Waals surface area contributed by atoms with Crippen LogP contribution >= 0.6 is 24.0 Å². The number of hydrogen-bond acceptors (Lipinski definition) is 6. The molecule has 37 heavy (non-hydrogen) atoms. The number of anilines is 1. The van der Waals surface area contributed by atoms with Crippen molar-refractivity contribution >= 4 is 51.7 Å². The van der Waals surface area contributed by atoms with Gasteiger partial charge in [0.2, 0.25) is 0 Å². The summed E-state index contributed by atoms with van der Waals surface area (Å²) in [5.74, 6) is 0.243. The molecule has 8 heteroatoms. The quantitative estimate of drug-likeness (QED) is 0.249. The molecule has 1 aliphatic heterocycles. The number of aryl methyl sites for hydroxylation is 1. The van der Waals surface area contributed by atoms with E-state index in [4.69, 9.17) is 17.2 Å². The molecule has 1 N–H and O–H groups in total. The second kappa shape index (κ2) is 10.7. The molecule has 0 bridgehead atoms. The minimum absolute atomic E-state index is 0.213. The molecule has 6 nitrogen and oxygen atoms in total. The van der Waals surface area contributed by atoms with Gasteiger partial charge < -0.3 is 5.32 Å². The van der Waals surface area contributed by atoms with Crippen molar-refractivity contribution in [1.82, 2.24) is 14.3 Å². The molecule has 2 aromatic carbocycles. The van der Waals surface area contributed by atoms with E-state index in [2.05, 4.69) is 17.4 Å². The molecule has 2 aromatic heterocycles. The van der Waals surface area contributed by atoms with Crippen molar-refractivity contribution in [3.8, 4) is 0 Å². The topological polar surface area (TPSA) is 66.7 Å². The molecule has 1 unspecified atom stereocenters. The lowest BCUT2D eigenvalue weighted by molar-refractivity contribution is -0.123. The van der Waals surface area contributed by atoms with E-state index in [0.29, 0.717) is 32.8 Å². The van der Waals surface area contributed by atoms with Crippen LogP contribution in [0.3, 0.4) is 0 Å². The van der Waals surface area contributed by atoms with Gasteiger partial charge in [-0.2, -0.15) is 0 Å². The number of fused-ring (bicyclic) bond motifs is 1. The summed E-state index contributed by atoms with van der Waals surface area (Å²) in [6.45, 7) is 4.46. The molecule has 0 aliphatic carbocycles. The van der Waals surface area contributed by atoms with Crippen LogP contribution in [0.2, 0.25) is 0 Å². The van der Waals surface area contributed by atoms with Gasteiger partial charge in [-0.05, 0) is 49.1 Å². The number of thiocarbonyl (C=S) groups is 1. The standard InChI is InChI=1S/C29H26N4O2S2/c1-19-10-9-17-32-26(19)31-25(30-16-15-21-11-5-3-6-12-21)23(27(32)34)18-24-28(35)33(29(36)37-24)20(2)22-13-7-4-8-14-22/h3-14,17-18,20,30H,15-16H2,1-2H3/b24-18+. The zero-order valence-corrected chi connectivity index (χ0v) is 22.2. The van der Waals surface area contributed by atoms with E-state index in [1.165, 1.54) is 21.7 Å². The number of amides is 1. The van der Waals surface area contributed by atoms with Crippen molar-refractivity contribution in [1.29, 1.82) is 0 Å². The Balaban J connectivity index is 1.51. The molecular weight excluding hydrogens is 500 g/mol. The minimum Gasteiger partial charge on any atom is -0.369 e. The molecule has 0 spiro atoms. The van der Waals surface area contributed by atoms with Crippen molar-refractivity contribution in [3.05, 3.63) is 117 Å². The highest BCUT2D eigenvalue weighted by molar-refractivity contribution is 8.26. The smallest absolute Gasteiger partial charge is 0.267 e. The van der Waals surface area contributed by atoms with Gasteiger partial charge in [-0.3, -0.25) is 18.9 Å². The summed E-state index contributed by atoms with van der Waals surface area (Å²) in [4.78, 5) is 33.9. The van der Waals surface area contributed by atoms with E-state index < -0.39 is 0 Å². The Hall–Kier alpha value is -3.75. The second-order valence-corrected chi connectivity index (χ2v) is 10.5. The highest BCUT2D eigenvalue weighted by Crippen LogP contribution is 2.38. The van der Waals surface area contributed by atoms with Crippen molar-refractivity contribution in [2.75, 3.05) is 11.9 Å². The fourth-order valence-corrected chi connectivity index (χ4v) is 5.77. The molecule has 0 radical (unpaired) electrons. The maximum Gasteiger partial charge on any atom is 0.267 e. The number of hydrogen-bond donors (Lipinski definition) is 1. The van der Waals surface area contributed by atoms with E-state index >= 15 is 0 Å². The average Bonchev–Trinajstić information content (AvgIpc) is 3.19. The lowest BCUT2D eigenvalue weighted by Crippen LogP contribution is -2.31. The Morgan fingerprint density at radius 2 is 1.73 bits per heavy atom. The highest BCUT2D eigenvalue weighted by Gasteiger charge is 2.36. The molecule has 3 heterocycles. The van der Waals surface area contributed by atoms with Crippen molar-refractivity contribution < 1.29 is 4.79 Å². The third-order valence-electron chi connectivity index (χ3n) is 6.40. The zero-order valence-electron chi connectivity index (χ0n) is 20.5. The van der Waals surface area contributed by atoms with Crippen LogP contribution in [-0.2, 0) is 11.2 Å². The van der Waals surface area contributed by atoms with Gasteiger partial charge in [-0.15, -0.1) is 0 Å². The van der Waals surface area contributed by atoms with Crippen LogP contribution in [0.1, 0.15) is 35.2 Å². The van der Waals surface area contributed by atoms with Gasteiger partial charge in [-0.1, -0.05) is 90.7 Å². The summed E-state index contributed by atoms with van der Waals surface area (Å²) in [5.41, 5.74) is 3.74. The normalized spacial score (nSPS) is 15.5. The van der Waals surface area contributed by atoms with Crippen LogP contribution in [-0.4, -0.2) is 31.1 Å². The predicted octanol–water partition coefficient (Wildman–Crippen LogP) is 5.62. The van der Waals surface area contributed by atoms with Gasteiger partial charge in [-0.25, -0.2) is 4.98 Å². The first-order valence-corrected chi connectivity index (χ1v) is 13.3. The monoisotopic (exact) mass is 526 g/mol. The van der Waals surface area contributed by atoms with Gasteiger partial charge in [0, 0.05) is 12.7 Å². The first kappa shape index (κ1) is 24.9. The molecule has 186 valence electrons. The molecule has 5 rings (SSSR count). The van der Waals surface area contributed by atoms with Crippen molar-refractivity contribution in [3.63, 3.8) is 0 Å². The Bertz CT molecular complexity index is 1570. The Morgan fingerprint density at radius 3 is 2.46 bits per heavy atom. The first-order valence-electron chi connectivity index (χ1n) is 12.1. The summed E-state index contributed by atoms with van der Waals surface area (Å²) in [5, 5.41) is 3.35. The van der Waals surface area contributed by atoms with E-state index in [0.717, 1.165) is 17.5 Å². The van der Waals surface area contributed by atoms with Gasteiger partial charge in [0.05, 0.1) is 16.5 Å². The molecule has 1 amide bonds. The number of carbonyl (C=O) groups is 1. The van der Waals surface area contributed by atoms with Gasteiger partial charge in [0.15, 0.2) is 0 Å².